The van der Waals surface area contributed by atoms with Gasteiger partial charge in [0.2, 0.25) is 0 Å². The third-order valence-electron chi connectivity index (χ3n) is 2.57. The van der Waals surface area contributed by atoms with E-state index in [1.54, 1.807) is 10.8 Å². The van der Waals surface area contributed by atoms with Gasteiger partial charge in [0.15, 0.2) is 0 Å². The van der Waals surface area contributed by atoms with Gasteiger partial charge in [-0.1, -0.05) is 15.9 Å². The Kier molecular flexibility index (Phi) is 3.23. The first kappa shape index (κ1) is 13.1. The van der Waals surface area contributed by atoms with Gasteiger partial charge in [-0.15, -0.1) is 0 Å². The topological polar surface area (TPSA) is 31.2 Å². The normalized spacial score (nSPS) is 11.8. The lowest BCUT2D eigenvalue weighted by Gasteiger charge is -2.19. The lowest BCUT2D eigenvalue weighted by atomic mass is 10.1. The van der Waals surface area contributed by atoms with Gasteiger partial charge in [0, 0.05) is 16.1 Å². The summed E-state index contributed by atoms with van der Waals surface area (Å²) in [5, 5.41) is 1.06. The highest BCUT2D eigenvalue weighted by molar-refractivity contribution is 9.10. The van der Waals surface area contributed by atoms with E-state index in [0.29, 0.717) is 0 Å². The molecule has 0 unspecified atom stereocenters. The van der Waals surface area contributed by atoms with Crippen molar-refractivity contribution >= 4 is 32.9 Å². The van der Waals surface area contributed by atoms with E-state index in [9.17, 15) is 4.79 Å². The van der Waals surface area contributed by atoms with E-state index in [1.807, 2.05) is 45.9 Å². The van der Waals surface area contributed by atoms with E-state index in [2.05, 4.69) is 15.9 Å². The highest BCUT2D eigenvalue weighted by atomic mass is 79.9. The SMILES string of the molecule is Cc1cc(Br)cc2c1ccn2C(=O)OC(C)(C)C. The number of hydrogen-bond donors (Lipinski definition) is 0. The van der Waals surface area contributed by atoms with E-state index in [0.717, 1.165) is 20.9 Å². The number of rotatable bonds is 0. The monoisotopic (exact) mass is 309 g/mol. The first-order valence-corrected chi connectivity index (χ1v) is 6.58. The molecular weight excluding hydrogens is 294 g/mol. The average molecular weight is 310 g/mol. The Labute approximate surface area is 115 Å². The Morgan fingerprint density at radius 1 is 1.33 bits per heavy atom. The van der Waals surface area contributed by atoms with Crippen LogP contribution >= 0.6 is 15.9 Å². The van der Waals surface area contributed by atoms with Crippen molar-refractivity contribution in [2.24, 2.45) is 0 Å². The van der Waals surface area contributed by atoms with E-state index in [1.165, 1.54) is 0 Å². The summed E-state index contributed by atoms with van der Waals surface area (Å²) in [5.74, 6) is 0. The van der Waals surface area contributed by atoms with Crippen LogP contribution in [0.2, 0.25) is 0 Å². The van der Waals surface area contributed by atoms with Crippen molar-refractivity contribution in [3.8, 4) is 0 Å². The number of nitrogens with zero attached hydrogens (tertiary/aromatic N) is 1. The average Bonchev–Trinajstić information content (AvgIpc) is 2.58. The van der Waals surface area contributed by atoms with E-state index < -0.39 is 5.60 Å². The van der Waals surface area contributed by atoms with Crippen molar-refractivity contribution in [3.05, 3.63) is 34.4 Å². The van der Waals surface area contributed by atoms with Gasteiger partial charge in [-0.05, 0) is 51.5 Å². The Hall–Kier alpha value is -1.29. The molecule has 0 spiro atoms. The van der Waals surface area contributed by atoms with E-state index in [4.69, 9.17) is 4.74 Å². The van der Waals surface area contributed by atoms with Crippen LogP contribution in [-0.2, 0) is 4.74 Å². The molecule has 18 heavy (non-hydrogen) atoms. The molecule has 0 atom stereocenters. The van der Waals surface area contributed by atoms with Gasteiger partial charge in [0.1, 0.15) is 5.60 Å². The van der Waals surface area contributed by atoms with E-state index >= 15 is 0 Å². The number of halogens is 1. The van der Waals surface area contributed by atoms with Gasteiger partial charge in [0.05, 0.1) is 5.52 Å². The molecule has 96 valence electrons. The lowest BCUT2D eigenvalue weighted by Crippen LogP contribution is -2.26. The summed E-state index contributed by atoms with van der Waals surface area (Å²) in [7, 11) is 0. The molecule has 1 aromatic carbocycles. The molecule has 0 aliphatic heterocycles. The van der Waals surface area contributed by atoms with Gasteiger partial charge in [-0.25, -0.2) is 4.79 Å². The molecule has 1 heterocycles. The fraction of sp³-hybridized carbons (Fsp3) is 0.357. The highest BCUT2D eigenvalue weighted by Gasteiger charge is 2.19. The van der Waals surface area contributed by atoms with Crippen molar-refractivity contribution in [3.63, 3.8) is 0 Å². The number of aromatic nitrogens is 1. The van der Waals surface area contributed by atoms with Crippen molar-refractivity contribution < 1.29 is 9.53 Å². The molecule has 0 radical (unpaired) electrons. The highest BCUT2D eigenvalue weighted by Crippen LogP contribution is 2.25. The standard InChI is InChI=1S/C14H16BrNO2/c1-9-7-10(15)8-12-11(9)5-6-16(12)13(17)18-14(2,3)4/h5-8H,1-4H3. The molecule has 0 bridgehead atoms. The van der Waals surface area contributed by atoms with Crippen molar-refractivity contribution in [1.82, 2.24) is 4.57 Å². The van der Waals surface area contributed by atoms with Crippen LogP contribution < -0.4 is 0 Å². The number of hydrogen-bond acceptors (Lipinski definition) is 2. The molecule has 0 saturated heterocycles. The number of fused-ring (bicyclic) bond motifs is 1. The predicted octanol–water partition coefficient (Wildman–Crippen LogP) is 4.50. The number of benzene rings is 1. The van der Waals surface area contributed by atoms with Crippen LogP contribution in [0.5, 0.6) is 0 Å². The quantitative estimate of drug-likeness (QED) is 0.717. The molecule has 4 heteroatoms. The Morgan fingerprint density at radius 2 is 2.00 bits per heavy atom. The lowest BCUT2D eigenvalue weighted by molar-refractivity contribution is 0.0544. The minimum absolute atomic E-state index is 0.352. The van der Waals surface area contributed by atoms with Crippen molar-refractivity contribution in [2.75, 3.05) is 0 Å². The molecule has 2 aromatic rings. The summed E-state index contributed by atoms with van der Waals surface area (Å²) >= 11 is 3.45. The summed E-state index contributed by atoms with van der Waals surface area (Å²) in [6.45, 7) is 7.60. The molecule has 0 saturated carbocycles. The maximum Gasteiger partial charge on any atom is 0.418 e. The maximum atomic E-state index is 12.1. The summed E-state index contributed by atoms with van der Waals surface area (Å²) in [6, 6.07) is 5.88. The second kappa shape index (κ2) is 4.43. The Balaban J connectivity index is 2.49. The molecule has 0 fully saturated rings. The summed E-state index contributed by atoms with van der Waals surface area (Å²) in [6.07, 6.45) is 1.40. The van der Waals surface area contributed by atoms with Crippen LogP contribution in [0.1, 0.15) is 26.3 Å². The molecular formula is C14H16BrNO2. The Morgan fingerprint density at radius 3 is 2.61 bits per heavy atom. The smallest absolute Gasteiger partial charge is 0.418 e. The molecule has 0 N–H and O–H groups in total. The zero-order valence-electron chi connectivity index (χ0n) is 11.0. The zero-order chi connectivity index (χ0) is 13.5. The fourth-order valence-electron chi connectivity index (χ4n) is 1.85. The van der Waals surface area contributed by atoms with Crippen LogP contribution in [-0.4, -0.2) is 16.3 Å². The van der Waals surface area contributed by atoms with Gasteiger partial charge < -0.3 is 4.74 Å². The van der Waals surface area contributed by atoms with Crippen LogP contribution in [0.25, 0.3) is 10.9 Å². The number of carbonyl (C=O) groups is 1. The second-order valence-electron chi connectivity index (χ2n) is 5.32. The number of carbonyl (C=O) groups excluding carboxylic acids is 1. The summed E-state index contributed by atoms with van der Waals surface area (Å²) in [4.78, 5) is 12.1. The van der Waals surface area contributed by atoms with Gasteiger partial charge in [0.25, 0.3) is 0 Å². The third kappa shape index (κ3) is 2.58. The number of aryl methyl sites for hydroxylation is 1. The van der Waals surface area contributed by atoms with Crippen LogP contribution in [0.4, 0.5) is 4.79 Å². The molecule has 3 nitrogen and oxygen atoms in total. The largest absolute Gasteiger partial charge is 0.443 e. The van der Waals surface area contributed by atoms with Crippen molar-refractivity contribution in [2.45, 2.75) is 33.3 Å². The molecule has 0 aliphatic rings. The number of ether oxygens (including phenoxy) is 1. The van der Waals surface area contributed by atoms with E-state index in [-0.39, 0.29) is 6.09 Å². The Bertz CT molecular complexity index is 608. The van der Waals surface area contributed by atoms with Gasteiger partial charge in [-0.3, -0.25) is 4.57 Å². The fourth-order valence-corrected chi connectivity index (χ4v) is 2.41. The van der Waals surface area contributed by atoms with Crippen LogP contribution in [0.3, 0.4) is 0 Å². The second-order valence-corrected chi connectivity index (χ2v) is 6.24. The predicted molar refractivity (Wildman–Crippen MR) is 76.0 cm³/mol. The molecule has 0 aliphatic carbocycles. The summed E-state index contributed by atoms with van der Waals surface area (Å²) < 4.78 is 7.87. The zero-order valence-corrected chi connectivity index (χ0v) is 12.5. The minimum Gasteiger partial charge on any atom is -0.443 e. The molecule has 0 amide bonds. The molecule has 1 aromatic heterocycles. The maximum absolute atomic E-state index is 12.1. The van der Waals surface area contributed by atoms with Gasteiger partial charge in [-0.2, -0.15) is 0 Å². The van der Waals surface area contributed by atoms with Crippen molar-refractivity contribution in [1.29, 1.82) is 0 Å². The minimum atomic E-state index is -0.491. The van der Waals surface area contributed by atoms with Crippen LogP contribution in [0.15, 0.2) is 28.9 Å². The third-order valence-corrected chi connectivity index (χ3v) is 3.03. The summed E-state index contributed by atoms with van der Waals surface area (Å²) in [5.41, 5.74) is 1.49. The first-order chi connectivity index (χ1) is 8.28. The van der Waals surface area contributed by atoms with Crippen LogP contribution in [0, 0.1) is 6.92 Å². The first-order valence-electron chi connectivity index (χ1n) is 5.78. The molecule has 2 rings (SSSR count). The van der Waals surface area contributed by atoms with Gasteiger partial charge >= 0.3 is 6.09 Å².